The minimum Gasteiger partial charge on any atom is -0.453 e. The van der Waals surface area contributed by atoms with Crippen LogP contribution in [0.15, 0.2) is 18.2 Å². The summed E-state index contributed by atoms with van der Waals surface area (Å²) in [6.07, 6.45) is 1.24. The predicted octanol–water partition coefficient (Wildman–Crippen LogP) is 3.46. The second kappa shape index (κ2) is 8.97. The van der Waals surface area contributed by atoms with Crippen LogP contribution in [-0.4, -0.2) is 41.8 Å². The Morgan fingerprint density at radius 1 is 1.12 bits per heavy atom. The number of carbonyl (C=O) groups excluding carboxylic acids is 3. The van der Waals surface area contributed by atoms with Crippen LogP contribution in [0.3, 0.4) is 0 Å². The van der Waals surface area contributed by atoms with Gasteiger partial charge in [-0.25, -0.2) is 0 Å². The highest BCUT2D eigenvalue weighted by Gasteiger charge is 2.26. The van der Waals surface area contributed by atoms with Crippen molar-refractivity contribution >= 4 is 17.7 Å². The number of likely N-dealkylation sites (tertiary alicyclic amines) is 1. The van der Waals surface area contributed by atoms with E-state index < -0.39 is 12.1 Å². The number of benzene rings is 1. The van der Waals surface area contributed by atoms with E-state index in [-0.39, 0.29) is 24.5 Å². The molecule has 0 radical (unpaired) electrons. The lowest BCUT2D eigenvalue weighted by molar-refractivity contribution is -0.159. The predicted molar refractivity (Wildman–Crippen MR) is 100 cm³/mol. The van der Waals surface area contributed by atoms with Crippen molar-refractivity contribution in [1.82, 2.24) is 4.90 Å². The molecule has 0 spiro atoms. The van der Waals surface area contributed by atoms with E-state index in [1.54, 1.807) is 17.9 Å². The lowest BCUT2D eigenvalue weighted by Gasteiger charge is -2.31. The van der Waals surface area contributed by atoms with Crippen LogP contribution in [0.5, 0.6) is 0 Å². The molecule has 5 heteroatoms. The van der Waals surface area contributed by atoms with Gasteiger partial charge >= 0.3 is 5.97 Å². The Kier molecular flexibility index (Phi) is 6.95. The molecule has 1 fully saturated rings. The third-order valence-corrected chi connectivity index (χ3v) is 5.14. The molecule has 142 valence electrons. The van der Waals surface area contributed by atoms with Crippen LogP contribution in [0.4, 0.5) is 0 Å². The number of amides is 1. The molecule has 1 unspecified atom stereocenters. The topological polar surface area (TPSA) is 63.7 Å². The molecule has 0 aromatic heterocycles. The smallest absolute Gasteiger partial charge is 0.307 e. The fourth-order valence-corrected chi connectivity index (χ4v) is 3.07. The van der Waals surface area contributed by atoms with Gasteiger partial charge in [0.15, 0.2) is 11.9 Å². The van der Waals surface area contributed by atoms with Crippen LogP contribution in [0.1, 0.15) is 61.0 Å². The molecule has 1 aliphatic rings. The largest absolute Gasteiger partial charge is 0.453 e. The van der Waals surface area contributed by atoms with Gasteiger partial charge in [-0.15, -0.1) is 0 Å². The molecule has 1 aromatic carbocycles. The van der Waals surface area contributed by atoms with E-state index >= 15 is 0 Å². The van der Waals surface area contributed by atoms with Crippen molar-refractivity contribution in [3.8, 4) is 0 Å². The summed E-state index contributed by atoms with van der Waals surface area (Å²) >= 11 is 0. The molecule has 0 saturated carbocycles. The van der Waals surface area contributed by atoms with Gasteiger partial charge in [0, 0.05) is 25.1 Å². The molecule has 1 amide bonds. The summed E-state index contributed by atoms with van der Waals surface area (Å²) in [5, 5.41) is 0. The first kappa shape index (κ1) is 20.1. The van der Waals surface area contributed by atoms with E-state index in [4.69, 9.17) is 4.74 Å². The molecule has 0 aliphatic carbocycles. The highest BCUT2D eigenvalue weighted by Crippen LogP contribution is 2.17. The number of ether oxygens (including phenoxy) is 1. The fourth-order valence-electron chi connectivity index (χ4n) is 3.07. The van der Waals surface area contributed by atoms with Crippen molar-refractivity contribution in [1.29, 1.82) is 0 Å². The molecule has 1 saturated heterocycles. The Hall–Kier alpha value is -2.17. The van der Waals surface area contributed by atoms with Gasteiger partial charge in [0.05, 0.1) is 6.42 Å². The highest BCUT2D eigenvalue weighted by atomic mass is 16.5. The Bertz CT molecular complexity index is 675. The van der Waals surface area contributed by atoms with Crippen molar-refractivity contribution < 1.29 is 19.1 Å². The first-order valence-electron chi connectivity index (χ1n) is 9.36. The maximum absolute atomic E-state index is 12.4. The molecule has 1 aliphatic heterocycles. The van der Waals surface area contributed by atoms with Gasteiger partial charge < -0.3 is 9.64 Å². The number of carbonyl (C=O) groups is 3. The summed E-state index contributed by atoms with van der Waals surface area (Å²) in [6.45, 7) is 9.15. The van der Waals surface area contributed by atoms with Gasteiger partial charge in [-0.2, -0.15) is 0 Å². The van der Waals surface area contributed by atoms with Crippen LogP contribution >= 0.6 is 0 Å². The van der Waals surface area contributed by atoms with Gasteiger partial charge in [0.2, 0.25) is 0 Å². The van der Waals surface area contributed by atoms with Crippen molar-refractivity contribution in [2.75, 3.05) is 13.1 Å². The van der Waals surface area contributed by atoms with E-state index in [1.165, 1.54) is 0 Å². The molecule has 0 N–H and O–H groups in total. The van der Waals surface area contributed by atoms with E-state index in [0.717, 1.165) is 24.0 Å². The minimum atomic E-state index is -0.798. The van der Waals surface area contributed by atoms with E-state index in [2.05, 4.69) is 6.92 Å². The first-order valence-corrected chi connectivity index (χ1v) is 9.36. The van der Waals surface area contributed by atoms with Crippen LogP contribution < -0.4 is 0 Å². The SMILES string of the molecule is Cc1ccc(C(=O)CCC(=O)OC(C)C(=O)N2CCC(C)CC2)cc1C. The monoisotopic (exact) mass is 359 g/mol. The zero-order chi connectivity index (χ0) is 19.3. The molecule has 1 atom stereocenters. The zero-order valence-corrected chi connectivity index (χ0v) is 16.2. The lowest BCUT2D eigenvalue weighted by Crippen LogP contribution is -2.44. The molecule has 1 aromatic rings. The second-order valence-electron chi connectivity index (χ2n) is 7.36. The molecule has 5 nitrogen and oxygen atoms in total. The third kappa shape index (κ3) is 5.41. The summed E-state index contributed by atoms with van der Waals surface area (Å²) in [6, 6.07) is 5.52. The van der Waals surface area contributed by atoms with Crippen molar-refractivity contribution in [2.24, 2.45) is 5.92 Å². The number of ketones is 1. The summed E-state index contributed by atoms with van der Waals surface area (Å²) in [7, 11) is 0. The van der Waals surface area contributed by atoms with Crippen LogP contribution in [-0.2, 0) is 14.3 Å². The highest BCUT2D eigenvalue weighted by molar-refractivity contribution is 5.98. The number of piperidine rings is 1. The maximum Gasteiger partial charge on any atom is 0.307 e. The number of rotatable bonds is 6. The number of hydrogen-bond acceptors (Lipinski definition) is 4. The second-order valence-corrected chi connectivity index (χ2v) is 7.36. The normalized spacial score (nSPS) is 16.2. The standard InChI is InChI=1S/C21H29NO4/c1-14-9-11-22(12-10-14)21(25)17(4)26-20(24)8-7-19(23)18-6-5-15(2)16(3)13-18/h5-6,13-14,17H,7-12H2,1-4H3. The average molecular weight is 359 g/mol. The quantitative estimate of drug-likeness (QED) is 0.576. The van der Waals surface area contributed by atoms with Gasteiger partial charge in [-0.1, -0.05) is 19.1 Å². The van der Waals surface area contributed by atoms with E-state index in [0.29, 0.717) is 24.6 Å². The zero-order valence-electron chi connectivity index (χ0n) is 16.2. The number of aryl methyl sites for hydroxylation is 2. The molecule has 0 bridgehead atoms. The Labute approximate surface area is 155 Å². The minimum absolute atomic E-state index is 0.0135. The van der Waals surface area contributed by atoms with Gasteiger partial charge in [-0.3, -0.25) is 14.4 Å². The van der Waals surface area contributed by atoms with Gasteiger partial charge in [0.25, 0.3) is 5.91 Å². The molecule has 26 heavy (non-hydrogen) atoms. The Balaban J connectivity index is 1.79. The van der Waals surface area contributed by atoms with Gasteiger partial charge in [-0.05, 0) is 56.7 Å². The molecule has 1 heterocycles. The van der Waals surface area contributed by atoms with Crippen molar-refractivity contribution in [3.63, 3.8) is 0 Å². The Morgan fingerprint density at radius 3 is 2.38 bits per heavy atom. The summed E-state index contributed by atoms with van der Waals surface area (Å²) < 4.78 is 5.24. The summed E-state index contributed by atoms with van der Waals surface area (Å²) in [5.74, 6) is -0.110. The van der Waals surface area contributed by atoms with E-state index in [9.17, 15) is 14.4 Å². The number of Topliss-reactive ketones (excluding diaryl/α,β-unsaturated/α-hetero) is 1. The molecular formula is C21H29NO4. The van der Waals surface area contributed by atoms with E-state index in [1.807, 2.05) is 26.0 Å². The lowest BCUT2D eigenvalue weighted by atomic mass is 9.99. The number of esters is 1. The number of nitrogens with zero attached hydrogens (tertiary/aromatic N) is 1. The first-order chi connectivity index (χ1) is 12.3. The summed E-state index contributed by atoms with van der Waals surface area (Å²) in [5.41, 5.74) is 2.78. The van der Waals surface area contributed by atoms with Crippen LogP contribution in [0, 0.1) is 19.8 Å². The summed E-state index contributed by atoms with van der Waals surface area (Å²) in [4.78, 5) is 38.3. The maximum atomic E-state index is 12.4. The molecular weight excluding hydrogens is 330 g/mol. The van der Waals surface area contributed by atoms with Crippen LogP contribution in [0.25, 0.3) is 0 Å². The van der Waals surface area contributed by atoms with Crippen molar-refractivity contribution in [2.45, 2.75) is 59.5 Å². The fraction of sp³-hybridized carbons (Fsp3) is 0.571. The Morgan fingerprint density at radius 2 is 1.77 bits per heavy atom. The average Bonchev–Trinajstić information content (AvgIpc) is 2.62. The van der Waals surface area contributed by atoms with Gasteiger partial charge in [0.1, 0.15) is 0 Å². The number of hydrogen-bond donors (Lipinski definition) is 0. The third-order valence-electron chi connectivity index (χ3n) is 5.14. The van der Waals surface area contributed by atoms with Crippen LogP contribution in [0.2, 0.25) is 0 Å². The molecule has 2 rings (SSSR count). The van der Waals surface area contributed by atoms with Crippen molar-refractivity contribution in [3.05, 3.63) is 34.9 Å².